The zero-order valence-electron chi connectivity index (χ0n) is 9.73. The van der Waals surface area contributed by atoms with Crippen molar-refractivity contribution in [1.82, 2.24) is 5.32 Å². The molecule has 1 atom stereocenters. The van der Waals surface area contributed by atoms with Crippen molar-refractivity contribution in [2.45, 2.75) is 13.5 Å². The minimum Gasteiger partial charge on any atom is -0.475 e. The first-order valence-electron chi connectivity index (χ1n) is 5.13. The molecule has 0 spiro atoms. The molecule has 1 rings (SSSR count). The van der Waals surface area contributed by atoms with E-state index in [1.807, 2.05) is 13.2 Å². The maximum absolute atomic E-state index is 11.6. The Kier molecular flexibility index (Phi) is 5.09. The van der Waals surface area contributed by atoms with E-state index in [9.17, 15) is 9.59 Å². The molecule has 2 N–H and O–H groups in total. The molecule has 1 aromatic rings. The number of rotatable bonds is 6. The second kappa shape index (κ2) is 6.34. The third kappa shape index (κ3) is 4.14. The summed E-state index contributed by atoms with van der Waals surface area (Å²) in [7, 11) is 0. The number of amides is 1. The maximum Gasteiger partial charge on any atom is 0.371 e. The first-order valence-corrected chi connectivity index (χ1v) is 6.52. The van der Waals surface area contributed by atoms with Crippen molar-refractivity contribution >= 4 is 23.6 Å². The van der Waals surface area contributed by atoms with Gasteiger partial charge >= 0.3 is 5.97 Å². The van der Waals surface area contributed by atoms with Crippen LogP contribution in [0.4, 0.5) is 0 Å². The second-order valence-corrected chi connectivity index (χ2v) is 4.56. The number of carboxylic acids is 1. The molecule has 0 aromatic carbocycles. The van der Waals surface area contributed by atoms with Crippen molar-refractivity contribution < 1.29 is 19.1 Å². The van der Waals surface area contributed by atoms with Gasteiger partial charge in [-0.1, -0.05) is 6.92 Å². The summed E-state index contributed by atoms with van der Waals surface area (Å²) in [5.41, 5.74) is 0. The molecule has 0 aliphatic heterocycles. The fourth-order valence-corrected chi connectivity index (χ4v) is 1.91. The summed E-state index contributed by atoms with van der Waals surface area (Å²) in [5, 5.41) is 11.3. The topological polar surface area (TPSA) is 79.5 Å². The average molecular weight is 257 g/mol. The van der Waals surface area contributed by atoms with E-state index in [1.165, 1.54) is 6.07 Å². The molecule has 0 bridgehead atoms. The molecule has 0 fully saturated rings. The highest BCUT2D eigenvalue weighted by Gasteiger charge is 2.13. The van der Waals surface area contributed by atoms with Gasteiger partial charge in [-0.3, -0.25) is 4.79 Å². The third-order valence-electron chi connectivity index (χ3n) is 2.17. The fourth-order valence-electron chi connectivity index (χ4n) is 1.26. The van der Waals surface area contributed by atoms with Crippen LogP contribution in [0.15, 0.2) is 16.5 Å². The van der Waals surface area contributed by atoms with Crippen molar-refractivity contribution in [3.05, 3.63) is 23.7 Å². The van der Waals surface area contributed by atoms with Gasteiger partial charge in [0.15, 0.2) is 0 Å². The van der Waals surface area contributed by atoms with Crippen LogP contribution in [0, 0.1) is 5.92 Å². The molecule has 1 heterocycles. The van der Waals surface area contributed by atoms with Crippen molar-refractivity contribution in [2.75, 3.05) is 12.0 Å². The smallest absolute Gasteiger partial charge is 0.371 e. The van der Waals surface area contributed by atoms with E-state index in [4.69, 9.17) is 9.52 Å². The van der Waals surface area contributed by atoms with E-state index in [2.05, 4.69) is 5.32 Å². The summed E-state index contributed by atoms with van der Waals surface area (Å²) in [4.78, 5) is 22.1. The molecule has 0 aliphatic carbocycles. The lowest BCUT2D eigenvalue weighted by atomic mass is 10.2. The molecule has 6 heteroatoms. The maximum atomic E-state index is 11.6. The van der Waals surface area contributed by atoms with Gasteiger partial charge in [-0.05, 0) is 18.4 Å². The van der Waals surface area contributed by atoms with Crippen LogP contribution in [-0.2, 0) is 11.3 Å². The van der Waals surface area contributed by atoms with Gasteiger partial charge in [0.1, 0.15) is 5.76 Å². The summed E-state index contributed by atoms with van der Waals surface area (Å²) in [5.74, 6) is -0.173. The molecule has 0 aliphatic rings. The molecule has 0 radical (unpaired) electrons. The molecule has 17 heavy (non-hydrogen) atoms. The van der Waals surface area contributed by atoms with Gasteiger partial charge in [0, 0.05) is 11.7 Å². The van der Waals surface area contributed by atoms with Crippen molar-refractivity contribution in [3.63, 3.8) is 0 Å². The standard InChI is InChI=1S/C11H15NO4S/c1-7(6-17-2)10(13)12-5-8-3-4-9(16-8)11(14)15/h3-4,7H,5-6H2,1-2H3,(H,12,13)(H,14,15). The van der Waals surface area contributed by atoms with E-state index in [0.717, 1.165) is 5.75 Å². The number of carbonyl (C=O) groups excluding carboxylic acids is 1. The van der Waals surface area contributed by atoms with E-state index in [0.29, 0.717) is 5.76 Å². The van der Waals surface area contributed by atoms with Gasteiger partial charge in [-0.25, -0.2) is 4.79 Å². The highest BCUT2D eigenvalue weighted by atomic mass is 32.2. The van der Waals surface area contributed by atoms with E-state index in [-0.39, 0.29) is 24.1 Å². The predicted molar refractivity (Wildman–Crippen MR) is 65.1 cm³/mol. The number of nitrogens with one attached hydrogen (secondary N) is 1. The van der Waals surface area contributed by atoms with E-state index < -0.39 is 5.97 Å². The quantitative estimate of drug-likeness (QED) is 0.809. The van der Waals surface area contributed by atoms with Crippen LogP contribution in [0.2, 0.25) is 0 Å². The lowest BCUT2D eigenvalue weighted by molar-refractivity contribution is -0.124. The Hall–Kier alpha value is -1.43. The first kappa shape index (κ1) is 13.6. The summed E-state index contributed by atoms with van der Waals surface area (Å²) >= 11 is 1.61. The van der Waals surface area contributed by atoms with Gasteiger partial charge in [-0.15, -0.1) is 0 Å². The number of carboxylic acid groups (broad SMARTS) is 1. The van der Waals surface area contributed by atoms with Crippen molar-refractivity contribution in [3.8, 4) is 0 Å². The first-order chi connectivity index (χ1) is 8.04. The summed E-state index contributed by atoms with van der Waals surface area (Å²) < 4.78 is 5.02. The minimum atomic E-state index is -1.11. The van der Waals surface area contributed by atoms with Gasteiger partial charge < -0.3 is 14.8 Å². The van der Waals surface area contributed by atoms with Gasteiger partial charge in [0.2, 0.25) is 11.7 Å². The SMILES string of the molecule is CSCC(C)C(=O)NCc1ccc(C(=O)O)o1. The molecule has 0 saturated carbocycles. The van der Waals surface area contributed by atoms with Crippen molar-refractivity contribution in [1.29, 1.82) is 0 Å². The number of hydrogen-bond acceptors (Lipinski definition) is 4. The Morgan fingerprint density at radius 2 is 2.24 bits per heavy atom. The van der Waals surface area contributed by atoms with Crippen LogP contribution >= 0.6 is 11.8 Å². The molecular formula is C11H15NO4S. The molecule has 1 aromatic heterocycles. The Labute approximate surface area is 104 Å². The highest BCUT2D eigenvalue weighted by molar-refractivity contribution is 7.98. The third-order valence-corrected chi connectivity index (χ3v) is 3.01. The second-order valence-electron chi connectivity index (χ2n) is 3.65. The number of aromatic carboxylic acids is 1. The Bertz CT molecular complexity index is 402. The van der Waals surface area contributed by atoms with Crippen molar-refractivity contribution in [2.24, 2.45) is 5.92 Å². The van der Waals surface area contributed by atoms with Gasteiger partial charge in [0.05, 0.1) is 6.54 Å². The van der Waals surface area contributed by atoms with E-state index >= 15 is 0 Å². The van der Waals surface area contributed by atoms with E-state index in [1.54, 1.807) is 17.8 Å². The largest absolute Gasteiger partial charge is 0.475 e. The van der Waals surface area contributed by atoms with Gasteiger partial charge in [-0.2, -0.15) is 11.8 Å². The average Bonchev–Trinajstić information content (AvgIpc) is 2.75. The summed E-state index contributed by atoms with van der Waals surface area (Å²) in [6.45, 7) is 2.06. The zero-order chi connectivity index (χ0) is 12.8. The molecule has 94 valence electrons. The monoisotopic (exact) mass is 257 g/mol. The zero-order valence-corrected chi connectivity index (χ0v) is 10.5. The predicted octanol–water partition coefficient (Wildman–Crippen LogP) is 1.59. The lowest BCUT2D eigenvalue weighted by Gasteiger charge is -2.09. The summed E-state index contributed by atoms with van der Waals surface area (Å²) in [6, 6.07) is 2.91. The number of thioether (sulfide) groups is 1. The number of furan rings is 1. The highest BCUT2D eigenvalue weighted by Crippen LogP contribution is 2.08. The molecular weight excluding hydrogens is 242 g/mol. The number of hydrogen-bond donors (Lipinski definition) is 2. The minimum absolute atomic E-state index is 0.0624. The number of carbonyl (C=O) groups is 2. The lowest BCUT2D eigenvalue weighted by Crippen LogP contribution is -2.29. The van der Waals surface area contributed by atoms with Crippen LogP contribution in [0.5, 0.6) is 0 Å². The Balaban J connectivity index is 2.44. The van der Waals surface area contributed by atoms with Crippen LogP contribution in [0.25, 0.3) is 0 Å². The molecule has 1 unspecified atom stereocenters. The van der Waals surface area contributed by atoms with Gasteiger partial charge in [0.25, 0.3) is 0 Å². The fraction of sp³-hybridized carbons (Fsp3) is 0.455. The molecule has 0 saturated heterocycles. The summed E-state index contributed by atoms with van der Waals surface area (Å²) in [6.07, 6.45) is 1.94. The van der Waals surface area contributed by atoms with Crippen LogP contribution < -0.4 is 5.32 Å². The van der Waals surface area contributed by atoms with Crippen LogP contribution in [-0.4, -0.2) is 29.0 Å². The van der Waals surface area contributed by atoms with Crippen LogP contribution in [0.3, 0.4) is 0 Å². The molecule has 1 amide bonds. The normalized spacial score (nSPS) is 12.1. The van der Waals surface area contributed by atoms with Crippen LogP contribution in [0.1, 0.15) is 23.2 Å². The Morgan fingerprint density at radius 1 is 1.53 bits per heavy atom. The Morgan fingerprint density at radius 3 is 2.76 bits per heavy atom. The molecule has 5 nitrogen and oxygen atoms in total.